The summed E-state index contributed by atoms with van der Waals surface area (Å²) >= 11 is 0. The van der Waals surface area contributed by atoms with E-state index in [4.69, 9.17) is 0 Å². The van der Waals surface area contributed by atoms with Crippen molar-refractivity contribution in [2.75, 3.05) is 0 Å². The van der Waals surface area contributed by atoms with Gasteiger partial charge < -0.3 is 0 Å². The second-order valence-corrected chi connectivity index (χ2v) is 6.19. The molecule has 2 unspecified atom stereocenters. The van der Waals surface area contributed by atoms with Gasteiger partial charge in [0.25, 0.3) is 0 Å². The van der Waals surface area contributed by atoms with Gasteiger partial charge in [-0.25, -0.2) is 0 Å². The largest absolute Gasteiger partial charge is 0.0999 e. The molecule has 118 valence electrons. The van der Waals surface area contributed by atoms with Crippen molar-refractivity contribution >= 4 is 0 Å². The summed E-state index contributed by atoms with van der Waals surface area (Å²) in [5.74, 6) is 1.59. The molecule has 0 aromatic heterocycles. The summed E-state index contributed by atoms with van der Waals surface area (Å²) in [5, 5.41) is 0. The Balaban J connectivity index is -0.000000249. The van der Waals surface area contributed by atoms with E-state index < -0.39 is 0 Å². The number of hydrogen-bond acceptors (Lipinski definition) is 0. The van der Waals surface area contributed by atoms with Crippen molar-refractivity contribution in [2.24, 2.45) is 17.3 Å². The average molecular weight is 271 g/mol. The van der Waals surface area contributed by atoms with Gasteiger partial charge in [0, 0.05) is 0 Å². The first-order valence-corrected chi connectivity index (χ1v) is 8.38. The van der Waals surface area contributed by atoms with E-state index >= 15 is 0 Å². The molecule has 0 fully saturated rings. The Morgan fingerprint density at radius 2 is 1.47 bits per heavy atom. The maximum atomic E-state index is 3.83. The van der Waals surface area contributed by atoms with Gasteiger partial charge >= 0.3 is 0 Å². The third kappa shape index (κ3) is 14.0. The summed E-state index contributed by atoms with van der Waals surface area (Å²) in [5.41, 5.74) is 1.85. The van der Waals surface area contributed by atoms with Crippen molar-refractivity contribution in [1.82, 2.24) is 0 Å². The van der Waals surface area contributed by atoms with Crippen LogP contribution in [-0.2, 0) is 0 Å². The third-order valence-corrected chi connectivity index (χ3v) is 4.42. The topological polar surface area (TPSA) is 0 Å². The second-order valence-electron chi connectivity index (χ2n) is 6.19. The minimum atomic E-state index is 0.552. The molecule has 0 aliphatic carbocycles. The molecular weight excluding hydrogens is 228 g/mol. The molecule has 0 aliphatic rings. The zero-order chi connectivity index (χ0) is 16.1. The summed E-state index contributed by atoms with van der Waals surface area (Å²) in [6, 6.07) is 0. The molecule has 0 aromatic rings. The fraction of sp³-hybridized carbons (Fsp3) is 0.895. The lowest BCUT2D eigenvalue weighted by atomic mass is 9.76. The molecule has 0 aliphatic heterocycles. The highest BCUT2D eigenvalue weighted by molar-refractivity contribution is 4.92. The van der Waals surface area contributed by atoms with E-state index in [1.165, 1.54) is 31.3 Å². The van der Waals surface area contributed by atoms with Crippen LogP contribution in [0.5, 0.6) is 0 Å². The Morgan fingerprint density at radius 3 is 1.63 bits per heavy atom. The predicted octanol–water partition coefficient (Wildman–Crippen LogP) is 7.49. The lowest BCUT2D eigenvalue weighted by molar-refractivity contribution is 0.208. The molecule has 0 saturated carbocycles. The number of hydrogen-bond donors (Lipinski definition) is 0. The lowest BCUT2D eigenvalue weighted by Gasteiger charge is -2.30. The van der Waals surface area contributed by atoms with E-state index in [0.29, 0.717) is 11.3 Å². The molecule has 2 atom stereocenters. The Labute approximate surface area is 125 Å². The van der Waals surface area contributed by atoms with Crippen LogP contribution in [0.25, 0.3) is 0 Å². The maximum absolute atomic E-state index is 3.83. The van der Waals surface area contributed by atoms with E-state index in [2.05, 4.69) is 62.0 Å². The summed E-state index contributed by atoms with van der Waals surface area (Å²) in [7, 11) is 0. The third-order valence-electron chi connectivity index (χ3n) is 4.42. The zero-order valence-corrected chi connectivity index (χ0v) is 15.7. The molecule has 0 amide bonds. The maximum Gasteiger partial charge on any atom is -0.0240 e. The van der Waals surface area contributed by atoms with Gasteiger partial charge in [0.2, 0.25) is 0 Å². The Morgan fingerprint density at radius 1 is 1.05 bits per heavy atom. The SMILES string of the molecule is C=C(C)C(C)CC.CC.CCCC(C)C(C)(C)CC. The Hall–Kier alpha value is -0.260. The number of allylic oxidation sites excluding steroid dienone is 1. The van der Waals surface area contributed by atoms with Crippen LogP contribution < -0.4 is 0 Å². The zero-order valence-electron chi connectivity index (χ0n) is 15.7. The molecule has 0 spiro atoms. The molecule has 0 nitrogen and oxygen atoms in total. The first-order chi connectivity index (χ1) is 8.72. The van der Waals surface area contributed by atoms with Gasteiger partial charge in [-0.1, -0.05) is 93.7 Å². The van der Waals surface area contributed by atoms with Gasteiger partial charge in [-0.2, -0.15) is 0 Å². The number of rotatable bonds is 6. The first kappa shape index (κ1) is 23.8. The molecule has 0 rings (SSSR count). The molecule has 0 heterocycles. The van der Waals surface area contributed by atoms with Crippen LogP contribution in [0, 0.1) is 17.3 Å². The molecule has 0 aromatic carbocycles. The fourth-order valence-corrected chi connectivity index (χ4v) is 1.52. The Kier molecular flexibility index (Phi) is 17.7. The van der Waals surface area contributed by atoms with Crippen molar-refractivity contribution in [3.05, 3.63) is 12.2 Å². The smallest absolute Gasteiger partial charge is 0.0240 e. The average Bonchev–Trinajstić information content (AvgIpc) is 2.40. The van der Waals surface area contributed by atoms with E-state index in [1.54, 1.807) is 0 Å². The Bertz CT molecular complexity index is 188. The van der Waals surface area contributed by atoms with E-state index in [-0.39, 0.29) is 0 Å². The van der Waals surface area contributed by atoms with Gasteiger partial charge in [-0.3, -0.25) is 0 Å². The highest BCUT2D eigenvalue weighted by atomic mass is 14.3. The minimum absolute atomic E-state index is 0.552. The highest BCUT2D eigenvalue weighted by Gasteiger charge is 2.22. The molecule has 0 N–H and O–H groups in total. The van der Waals surface area contributed by atoms with Crippen LogP contribution in [0.3, 0.4) is 0 Å². The minimum Gasteiger partial charge on any atom is -0.0999 e. The second kappa shape index (κ2) is 14.2. The quantitative estimate of drug-likeness (QED) is 0.438. The van der Waals surface area contributed by atoms with Crippen molar-refractivity contribution in [3.63, 3.8) is 0 Å². The van der Waals surface area contributed by atoms with Crippen molar-refractivity contribution in [1.29, 1.82) is 0 Å². The monoisotopic (exact) mass is 270 g/mol. The summed E-state index contributed by atoms with van der Waals surface area (Å²) in [6.45, 7) is 25.9. The van der Waals surface area contributed by atoms with Gasteiger partial charge in [-0.05, 0) is 30.6 Å². The van der Waals surface area contributed by atoms with Crippen LogP contribution in [-0.4, -0.2) is 0 Å². The van der Waals surface area contributed by atoms with E-state index in [1.807, 2.05) is 13.8 Å². The van der Waals surface area contributed by atoms with Gasteiger partial charge in [-0.15, -0.1) is 0 Å². The van der Waals surface area contributed by atoms with Gasteiger partial charge in [0.05, 0.1) is 0 Å². The normalized spacial score (nSPS) is 13.4. The van der Waals surface area contributed by atoms with E-state index in [0.717, 1.165) is 5.92 Å². The van der Waals surface area contributed by atoms with Crippen molar-refractivity contribution in [2.45, 2.75) is 94.9 Å². The molecule has 0 radical (unpaired) electrons. The van der Waals surface area contributed by atoms with Crippen molar-refractivity contribution < 1.29 is 0 Å². The molecule has 0 bridgehead atoms. The molecular formula is C19H42. The molecule has 0 saturated heterocycles. The summed E-state index contributed by atoms with van der Waals surface area (Å²) in [4.78, 5) is 0. The van der Waals surface area contributed by atoms with Gasteiger partial charge in [0.15, 0.2) is 0 Å². The standard InChI is InChI=1S/C10H22.C7H14.C2H6/c1-6-8-9(3)10(4,5)7-2;1-5-7(4)6(2)3;1-2/h9H,6-8H2,1-5H3;7H,2,5H2,1,3-4H3;1-2H3. The lowest BCUT2D eigenvalue weighted by Crippen LogP contribution is -2.20. The fourth-order valence-electron chi connectivity index (χ4n) is 1.52. The van der Waals surface area contributed by atoms with Crippen LogP contribution in [0.1, 0.15) is 94.9 Å². The summed E-state index contributed by atoms with van der Waals surface area (Å²) in [6.07, 6.45) is 5.22. The van der Waals surface area contributed by atoms with Crippen LogP contribution in [0.4, 0.5) is 0 Å². The molecule has 19 heavy (non-hydrogen) atoms. The predicted molar refractivity (Wildman–Crippen MR) is 93.8 cm³/mol. The van der Waals surface area contributed by atoms with Gasteiger partial charge in [0.1, 0.15) is 0 Å². The van der Waals surface area contributed by atoms with Crippen LogP contribution in [0.2, 0.25) is 0 Å². The molecule has 0 heteroatoms. The van der Waals surface area contributed by atoms with E-state index in [9.17, 15) is 0 Å². The highest BCUT2D eigenvalue weighted by Crippen LogP contribution is 2.32. The summed E-state index contributed by atoms with van der Waals surface area (Å²) < 4.78 is 0. The van der Waals surface area contributed by atoms with Crippen LogP contribution in [0.15, 0.2) is 12.2 Å². The van der Waals surface area contributed by atoms with Crippen molar-refractivity contribution in [3.8, 4) is 0 Å². The van der Waals surface area contributed by atoms with Crippen LogP contribution >= 0.6 is 0 Å². The first-order valence-electron chi connectivity index (χ1n) is 8.38.